The molecule has 4 rings (SSSR count). The molecule has 1 atom stereocenters. The smallest absolute Gasteiger partial charge is 0.409 e. The van der Waals surface area contributed by atoms with Crippen molar-refractivity contribution >= 4 is 29.5 Å². The molecule has 1 aromatic heterocycles. The average molecular weight is 500 g/mol. The Morgan fingerprint density at radius 3 is 2.43 bits per heavy atom. The van der Waals surface area contributed by atoms with Gasteiger partial charge in [0.2, 0.25) is 5.91 Å². The number of nitrogens with one attached hydrogen (secondary N) is 1. The van der Waals surface area contributed by atoms with E-state index in [4.69, 9.17) is 16.3 Å². The van der Waals surface area contributed by atoms with E-state index >= 15 is 0 Å². The van der Waals surface area contributed by atoms with Crippen LogP contribution in [0, 0.1) is 5.92 Å². The van der Waals surface area contributed by atoms with Crippen molar-refractivity contribution in [2.24, 2.45) is 5.92 Å². The number of amides is 3. The number of carbonyl (C=O) groups excluding carboxylic acids is 3. The number of piperazine rings is 1. The van der Waals surface area contributed by atoms with Gasteiger partial charge in [0, 0.05) is 37.8 Å². The highest BCUT2D eigenvalue weighted by atomic mass is 35.5. The van der Waals surface area contributed by atoms with Gasteiger partial charge in [-0.05, 0) is 25.2 Å². The Kier molecular flexibility index (Phi) is 8.17. The van der Waals surface area contributed by atoms with Gasteiger partial charge in [-0.15, -0.1) is 0 Å². The zero-order valence-electron chi connectivity index (χ0n) is 19.8. The minimum atomic E-state index is -0.639. The third kappa shape index (κ3) is 6.48. The number of nitrogens with zero attached hydrogens (tertiary/aromatic N) is 4. The summed E-state index contributed by atoms with van der Waals surface area (Å²) in [7, 11) is 0. The first-order valence-corrected chi connectivity index (χ1v) is 12.5. The molecule has 10 heteroatoms. The van der Waals surface area contributed by atoms with Gasteiger partial charge in [-0.2, -0.15) is 0 Å². The van der Waals surface area contributed by atoms with Crippen molar-refractivity contribution < 1.29 is 19.1 Å². The fraction of sp³-hybridized carbons (Fsp3) is 0.480. The molecule has 3 amide bonds. The molecule has 2 aliphatic rings. The highest BCUT2D eigenvalue weighted by Gasteiger charge is 2.40. The number of hydrogen-bond donors (Lipinski definition) is 1. The van der Waals surface area contributed by atoms with Crippen LogP contribution in [0.25, 0.3) is 11.4 Å². The van der Waals surface area contributed by atoms with Gasteiger partial charge >= 0.3 is 6.09 Å². The molecule has 1 saturated carbocycles. The quantitative estimate of drug-likeness (QED) is 0.441. The molecule has 1 aliphatic carbocycles. The molecular weight excluding hydrogens is 470 g/mol. The van der Waals surface area contributed by atoms with Crippen LogP contribution in [0.5, 0.6) is 0 Å². The second-order valence-electron chi connectivity index (χ2n) is 8.83. The number of hydrogen-bond acceptors (Lipinski definition) is 6. The predicted molar refractivity (Wildman–Crippen MR) is 131 cm³/mol. The van der Waals surface area contributed by atoms with Crippen LogP contribution in [-0.4, -0.2) is 76.5 Å². The van der Waals surface area contributed by atoms with Crippen LogP contribution in [0.4, 0.5) is 4.79 Å². The Morgan fingerprint density at radius 1 is 1.09 bits per heavy atom. The van der Waals surface area contributed by atoms with Gasteiger partial charge in [0.15, 0.2) is 5.82 Å². The summed E-state index contributed by atoms with van der Waals surface area (Å²) in [5.74, 6) is -0.160. The molecule has 35 heavy (non-hydrogen) atoms. The van der Waals surface area contributed by atoms with Crippen molar-refractivity contribution in [3.8, 4) is 11.4 Å². The van der Waals surface area contributed by atoms with Crippen LogP contribution in [-0.2, 0) is 9.53 Å². The van der Waals surface area contributed by atoms with Gasteiger partial charge in [0.1, 0.15) is 16.9 Å². The third-order valence-corrected chi connectivity index (χ3v) is 6.37. The Labute approximate surface area is 209 Å². The van der Waals surface area contributed by atoms with Crippen LogP contribution in [0.3, 0.4) is 0 Å². The molecule has 1 aromatic carbocycles. The summed E-state index contributed by atoms with van der Waals surface area (Å²) >= 11 is 6.17. The van der Waals surface area contributed by atoms with E-state index in [1.807, 2.05) is 37.3 Å². The first-order valence-electron chi connectivity index (χ1n) is 12.1. The summed E-state index contributed by atoms with van der Waals surface area (Å²) in [6.07, 6.45) is 3.20. The monoisotopic (exact) mass is 499 g/mol. The Bertz CT molecular complexity index is 1060. The molecule has 1 saturated heterocycles. The summed E-state index contributed by atoms with van der Waals surface area (Å²) in [5.41, 5.74) is 0.854. The van der Waals surface area contributed by atoms with E-state index in [2.05, 4.69) is 15.3 Å². The minimum Gasteiger partial charge on any atom is -0.449 e. The number of unbranched alkanes of at least 4 members (excludes halogenated alkanes) is 1. The van der Waals surface area contributed by atoms with Gasteiger partial charge in [0.05, 0.1) is 6.61 Å². The molecule has 0 radical (unpaired) electrons. The van der Waals surface area contributed by atoms with E-state index in [9.17, 15) is 14.4 Å². The number of rotatable bonds is 8. The van der Waals surface area contributed by atoms with E-state index in [1.54, 1.807) is 9.80 Å². The normalized spacial score (nSPS) is 16.5. The number of halogens is 1. The van der Waals surface area contributed by atoms with Gasteiger partial charge < -0.3 is 19.9 Å². The maximum absolute atomic E-state index is 13.3. The molecule has 0 spiro atoms. The van der Waals surface area contributed by atoms with E-state index in [-0.39, 0.29) is 28.8 Å². The highest BCUT2D eigenvalue weighted by Crippen LogP contribution is 2.34. The lowest BCUT2D eigenvalue weighted by Crippen LogP contribution is -2.56. The van der Waals surface area contributed by atoms with Crippen LogP contribution in [0.2, 0.25) is 5.15 Å². The average Bonchev–Trinajstić information content (AvgIpc) is 3.72. The fourth-order valence-corrected chi connectivity index (χ4v) is 4.16. The summed E-state index contributed by atoms with van der Waals surface area (Å²) in [5, 5.41) is 3.04. The SMILES string of the molecule is CCCCOC(=O)N1CCN(C(=O)C(NC(=O)c2cc(Cl)nc(-c3ccccc3)n2)C2CC2)CC1. The van der Waals surface area contributed by atoms with Crippen molar-refractivity contribution in [1.82, 2.24) is 25.1 Å². The molecular formula is C25H30ClN5O4. The molecule has 1 N–H and O–H groups in total. The standard InChI is InChI=1S/C25H30ClN5O4/c1-2-3-15-35-25(34)31-13-11-30(12-14-31)24(33)21(17-9-10-17)29-23(32)19-16-20(26)28-22(27-19)18-7-5-4-6-8-18/h4-8,16-17,21H,2-3,9-15H2,1H3,(H,29,32). The number of benzene rings is 1. The van der Waals surface area contributed by atoms with Gasteiger partial charge in [-0.25, -0.2) is 14.8 Å². The second-order valence-corrected chi connectivity index (χ2v) is 9.22. The molecule has 2 fully saturated rings. The van der Waals surface area contributed by atoms with Gasteiger partial charge in [0.25, 0.3) is 5.91 Å². The van der Waals surface area contributed by atoms with Gasteiger partial charge in [-0.1, -0.05) is 55.3 Å². The topological polar surface area (TPSA) is 105 Å². The Hall–Kier alpha value is -3.20. The summed E-state index contributed by atoms with van der Waals surface area (Å²) in [6.45, 7) is 4.06. The molecule has 1 aliphatic heterocycles. The minimum absolute atomic E-state index is 0.0920. The summed E-state index contributed by atoms with van der Waals surface area (Å²) < 4.78 is 5.27. The number of aromatic nitrogens is 2. The van der Waals surface area contributed by atoms with Crippen molar-refractivity contribution in [2.75, 3.05) is 32.8 Å². The van der Waals surface area contributed by atoms with E-state index in [0.29, 0.717) is 38.6 Å². The van der Waals surface area contributed by atoms with E-state index in [0.717, 1.165) is 31.2 Å². The van der Waals surface area contributed by atoms with Crippen molar-refractivity contribution in [2.45, 2.75) is 38.6 Å². The molecule has 1 unspecified atom stereocenters. The lowest BCUT2D eigenvalue weighted by Gasteiger charge is -2.36. The molecule has 186 valence electrons. The maximum atomic E-state index is 13.3. The molecule has 0 bridgehead atoms. The Morgan fingerprint density at radius 2 is 1.77 bits per heavy atom. The molecule has 2 aromatic rings. The first-order chi connectivity index (χ1) is 17.0. The van der Waals surface area contributed by atoms with Crippen molar-refractivity contribution in [3.63, 3.8) is 0 Å². The maximum Gasteiger partial charge on any atom is 0.409 e. The lowest BCUT2D eigenvalue weighted by molar-refractivity contribution is -0.135. The largest absolute Gasteiger partial charge is 0.449 e. The summed E-state index contributed by atoms with van der Waals surface area (Å²) in [4.78, 5) is 50.5. The van der Waals surface area contributed by atoms with Crippen LogP contribution >= 0.6 is 11.6 Å². The van der Waals surface area contributed by atoms with Crippen LogP contribution < -0.4 is 5.32 Å². The van der Waals surface area contributed by atoms with E-state index in [1.165, 1.54) is 6.07 Å². The van der Waals surface area contributed by atoms with Crippen molar-refractivity contribution in [1.29, 1.82) is 0 Å². The predicted octanol–water partition coefficient (Wildman–Crippen LogP) is 3.39. The van der Waals surface area contributed by atoms with Crippen LogP contribution in [0.15, 0.2) is 36.4 Å². The van der Waals surface area contributed by atoms with Crippen molar-refractivity contribution in [3.05, 3.63) is 47.2 Å². The number of carbonyl (C=O) groups is 3. The lowest BCUT2D eigenvalue weighted by atomic mass is 10.1. The Balaban J connectivity index is 1.39. The summed E-state index contributed by atoms with van der Waals surface area (Å²) in [6, 6.07) is 10.0. The zero-order valence-corrected chi connectivity index (χ0v) is 20.5. The second kappa shape index (κ2) is 11.5. The highest BCUT2D eigenvalue weighted by molar-refractivity contribution is 6.29. The first kappa shape index (κ1) is 24.9. The number of ether oxygens (including phenoxy) is 1. The third-order valence-electron chi connectivity index (χ3n) is 6.18. The van der Waals surface area contributed by atoms with Crippen LogP contribution in [0.1, 0.15) is 43.1 Å². The molecule has 2 heterocycles. The van der Waals surface area contributed by atoms with Gasteiger partial charge in [-0.3, -0.25) is 9.59 Å². The fourth-order valence-electron chi connectivity index (χ4n) is 3.98. The zero-order chi connectivity index (χ0) is 24.8. The molecule has 9 nitrogen and oxygen atoms in total. The van der Waals surface area contributed by atoms with E-state index < -0.39 is 11.9 Å².